The van der Waals surface area contributed by atoms with Gasteiger partial charge in [-0.3, -0.25) is 0 Å². The molecule has 0 aromatic rings. The van der Waals surface area contributed by atoms with E-state index in [-0.39, 0.29) is 12.2 Å². The summed E-state index contributed by atoms with van der Waals surface area (Å²) in [7, 11) is -1.30. The van der Waals surface area contributed by atoms with Crippen LogP contribution in [0.2, 0.25) is 0 Å². The Labute approximate surface area is 125 Å². The van der Waals surface area contributed by atoms with Gasteiger partial charge in [0.25, 0.3) is 0 Å². The van der Waals surface area contributed by atoms with Gasteiger partial charge in [-0.15, -0.1) is 0 Å². The predicted octanol–water partition coefficient (Wildman–Crippen LogP) is -0.779. The number of likely N-dealkylation sites (N-methyl/N-ethyl adjacent to an activating group) is 1. The van der Waals surface area contributed by atoms with Gasteiger partial charge in [0.05, 0.1) is 5.75 Å². The minimum absolute atomic E-state index is 0.131. The van der Waals surface area contributed by atoms with Gasteiger partial charge in [-0.25, -0.2) is 18.0 Å². The van der Waals surface area contributed by atoms with Gasteiger partial charge in [-0.1, -0.05) is 0 Å². The van der Waals surface area contributed by atoms with E-state index in [1.807, 2.05) is 7.05 Å². The van der Waals surface area contributed by atoms with E-state index in [1.165, 1.54) is 0 Å². The number of hydrogen-bond donors (Lipinski definition) is 2. The maximum atomic E-state index is 12.1. The second-order valence-corrected chi connectivity index (χ2v) is 7.66. The molecule has 1 atom stereocenters. The molecular weight excluding hydrogens is 298 g/mol. The zero-order valence-electron chi connectivity index (χ0n) is 12.4. The lowest BCUT2D eigenvalue weighted by Gasteiger charge is -2.23. The highest BCUT2D eigenvalue weighted by atomic mass is 32.2. The van der Waals surface area contributed by atoms with E-state index in [0.717, 1.165) is 25.8 Å². The number of carbonyl (C=O) groups is 2. The molecule has 1 aliphatic rings. The second-order valence-electron chi connectivity index (χ2n) is 5.40. The zero-order chi connectivity index (χ0) is 16.0. The lowest BCUT2D eigenvalue weighted by molar-refractivity contribution is -0.139. The Balaban J connectivity index is 2.57. The maximum Gasteiger partial charge on any atom is 0.326 e. The van der Waals surface area contributed by atoms with Gasteiger partial charge in [0.15, 0.2) is 0 Å². The first-order valence-corrected chi connectivity index (χ1v) is 8.89. The van der Waals surface area contributed by atoms with Gasteiger partial charge in [0.1, 0.15) is 15.9 Å². The van der Waals surface area contributed by atoms with E-state index in [0.29, 0.717) is 13.1 Å². The summed E-state index contributed by atoms with van der Waals surface area (Å²) < 4.78 is 22.2. The van der Waals surface area contributed by atoms with Crippen molar-refractivity contribution in [2.24, 2.45) is 0 Å². The zero-order valence-corrected chi connectivity index (χ0v) is 13.2. The largest absolute Gasteiger partial charge is 0.480 e. The van der Waals surface area contributed by atoms with Crippen molar-refractivity contribution in [3.05, 3.63) is 0 Å². The summed E-state index contributed by atoms with van der Waals surface area (Å²) >= 11 is 0. The van der Waals surface area contributed by atoms with Crippen LogP contribution in [0.1, 0.15) is 12.8 Å². The van der Waals surface area contributed by atoms with Crippen LogP contribution in [-0.4, -0.2) is 86.6 Å². The van der Waals surface area contributed by atoms with Crippen molar-refractivity contribution < 1.29 is 23.1 Å². The number of amides is 2. The number of urea groups is 1. The molecule has 21 heavy (non-hydrogen) atoms. The molecule has 0 saturated carbocycles. The van der Waals surface area contributed by atoms with Crippen molar-refractivity contribution in [3.63, 3.8) is 0 Å². The minimum atomic E-state index is -3.26. The van der Waals surface area contributed by atoms with Crippen molar-refractivity contribution in [3.8, 4) is 0 Å². The van der Waals surface area contributed by atoms with Crippen LogP contribution in [0, 0.1) is 0 Å². The number of carboxylic acid groups (broad SMARTS) is 1. The number of carbonyl (C=O) groups excluding carboxylic acids is 1. The number of aliphatic carboxylic acids is 1. The molecule has 1 aliphatic heterocycles. The van der Waals surface area contributed by atoms with Crippen molar-refractivity contribution >= 4 is 21.8 Å². The standard InChI is InChI=1S/C12H23N3O5S/c1-14-5-3-6-15(8-7-14)12(18)13-10(11(16)17)4-9-21(2,19)20/h10H,3-9H2,1-2H3,(H,13,18)(H,16,17). The van der Waals surface area contributed by atoms with Gasteiger partial charge in [0.2, 0.25) is 0 Å². The predicted molar refractivity (Wildman–Crippen MR) is 78.0 cm³/mol. The number of nitrogens with one attached hydrogen (secondary N) is 1. The van der Waals surface area contributed by atoms with E-state index in [9.17, 15) is 18.0 Å². The van der Waals surface area contributed by atoms with E-state index < -0.39 is 27.9 Å². The molecule has 1 unspecified atom stereocenters. The Kier molecular flexibility index (Phi) is 6.41. The summed E-state index contributed by atoms with van der Waals surface area (Å²) in [5.41, 5.74) is 0. The molecule has 0 spiro atoms. The molecule has 0 bridgehead atoms. The van der Waals surface area contributed by atoms with Crippen LogP contribution in [-0.2, 0) is 14.6 Å². The van der Waals surface area contributed by atoms with Crippen molar-refractivity contribution in [2.45, 2.75) is 18.9 Å². The van der Waals surface area contributed by atoms with Gasteiger partial charge < -0.3 is 20.2 Å². The molecule has 0 aromatic carbocycles. The monoisotopic (exact) mass is 321 g/mol. The number of carboxylic acids is 1. The highest BCUT2D eigenvalue weighted by molar-refractivity contribution is 7.90. The molecule has 9 heteroatoms. The Morgan fingerprint density at radius 2 is 1.90 bits per heavy atom. The van der Waals surface area contributed by atoms with E-state index in [1.54, 1.807) is 4.90 Å². The third kappa shape index (κ3) is 6.76. The van der Waals surface area contributed by atoms with Crippen LogP contribution >= 0.6 is 0 Å². The molecule has 122 valence electrons. The molecule has 1 rings (SSSR count). The fourth-order valence-corrected chi connectivity index (χ4v) is 2.74. The van der Waals surface area contributed by atoms with E-state index in [2.05, 4.69) is 10.2 Å². The Morgan fingerprint density at radius 3 is 2.48 bits per heavy atom. The fourth-order valence-electron chi connectivity index (χ4n) is 2.08. The number of nitrogens with zero attached hydrogens (tertiary/aromatic N) is 2. The minimum Gasteiger partial charge on any atom is -0.480 e. The van der Waals surface area contributed by atoms with E-state index in [4.69, 9.17) is 5.11 Å². The first-order chi connectivity index (χ1) is 9.69. The van der Waals surface area contributed by atoms with Crippen molar-refractivity contribution in [1.29, 1.82) is 0 Å². The fraction of sp³-hybridized carbons (Fsp3) is 0.833. The molecule has 1 saturated heterocycles. The van der Waals surface area contributed by atoms with Crippen LogP contribution in [0.5, 0.6) is 0 Å². The first kappa shape index (κ1) is 17.7. The van der Waals surface area contributed by atoms with Crippen molar-refractivity contribution in [2.75, 3.05) is 45.2 Å². The second kappa shape index (κ2) is 7.60. The third-order valence-corrected chi connectivity index (χ3v) is 4.36. The lowest BCUT2D eigenvalue weighted by Crippen LogP contribution is -2.49. The summed E-state index contributed by atoms with van der Waals surface area (Å²) in [4.78, 5) is 26.9. The average Bonchev–Trinajstić information content (AvgIpc) is 2.57. The molecular formula is C12H23N3O5S. The van der Waals surface area contributed by atoms with Gasteiger partial charge in [-0.2, -0.15) is 0 Å². The molecule has 0 aliphatic carbocycles. The van der Waals surface area contributed by atoms with Crippen LogP contribution in [0.4, 0.5) is 4.79 Å². The normalized spacial score (nSPS) is 18.9. The summed E-state index contributed by atoms with van der Waals surface area (Å²) in [5.74, 6) is -1.49. The highest BCUT2D eigenvalue weighted by Crippen LogP contribution is 2.03. The molecule has 8 nitrogen and oxygen atoms in total. The summed E-state index contributed by atoms with van der Waals surface area (Å²) in [5, 5.41) is 11.5. The summed E-state index contributed by atoms with van der Waals surface area (Å²) in [6.07, 6.45) is 1.73. The molecule has 1 fully saturated rings. The quantitative estimate of drug-likeness (QED) is 0.688. The Hall–Kier alpha value is -1.35. The molecule has 2 amide bonds. The van der Waals surface area contributed by atoms with E-state index >= 15 is 0 Å². The topological polar surface area (TPSA) is 107 Å². The number of rotatable bonds is 5. The van der Waals surface area contributed by atoms with Crippen molar-refractivity contribution in [1.82, 2.24) is 15.1 Å². The van der Waals surface area contributed by atoms with Gasteiger partial charge >= 0.3 is 12.0 Å². The lowest BCUT2D eigenvalue weighted by atomic mass is 10.2. The molecule has 1 heterocycles. The SMILES string of the molecule is CN1CCCN(C(=O)NC(CCS(C)(=O)=O)C(=O)O)CC1. The number of sulfone groups is 1. The van der Waals surface area contributed by atoms with Crippen LogP contribution in [0.25, 0.3) is 0 Å². The average molecular weight is 321 g/mol. The third-order valence-electron chi connectivity index (χ3n) is 3.38. The summed E-state index contributed by atoms with van der Waals surface area (Å²) in [6, 6.07) is -1.64. The molecule has 2 N–H and O–H groups in total. The first-order valence-electron chi connectivity index (χ1n) is 6.83. The van der Waals surface area contributed by atoms with Crippen LogP contribution < -0.4 is 5.32 Å². The molecule has 0 aromatic heterocycles. The maximum absolute atomic E-state index is 12.1. The highest BCUT2D eigenvalue weighted by Gasteiger charge is 2.25. The number of hydrogen-bond acceptors (Lipinski definition) is 5. The van der Waals surface area contributed by atoms with Crippen LogP contribution in [0.3, 0.4) is 0 Å². The van der Waals surface area contributed by atoms with Crippen LogP contribution in [0.15, 0.2) is 0 Å². The smallest absolute Gasteiger partial charge is 0.326 e. The van der Waals surface area contributed by atoms with Gasteiger partial charge in [-0.05, 0) is 26.4 Å². The Bertz CT molecular complexity index is 479. The van der Waals surface area contributed by atoms with Gasteiger partial charge in [0, 0.05) is 25.9 Å². The molecule has 0 radical (unpaired) electrons. The summed E-state index contributed by atoms with van der Waals surface area (Å²) in [6.45, 7) is 2.71. The Morgan fingerprint density at radius 1 is 1.24 bits per heavy atom.